The van der Waals surface area contributed by atoms with E-state index in [1.165, 1.54) is 12.1 Å². The summed E-state index contributed by atoms with van der Waals surface area (Å²) in [5.74, 6) is -0.639. The Labute approximate surface area is 147 Å². The van der Waals surface area contributed by atoms with Crippen LogP contribution >= 0.6 is 0 Å². The normalized spacial score (nSPS) is 19.5. The monoisotopic (exact) mass is 360 g/mol. The number of nitrogens with zero attached hydrogens (tertiary/aromatic N) is 1. The number of aromatic nitrogens is 1. The van der Waals surface area contributed by atoms with Gasteiger partial charge in [0.2, 0.25) is 5.91 Å². The highest BCUT2D eigenvalue weighted by Crippen LogP contribution is 2.51. The van der Waals surface area contributed by atoms with Crippen LogP contribution in [0.2, 0.25) is 0 Å². The molecule has 1 heterocycles. The Hall–Kier alpha value is -2.83. The first-order valence-corrected chi connectivity index (χ1v) is 8.17. The summed E-state index contributed by atoms with van der Waals surface area (Å²) in [6, 6.07) is 10.5. The first kappa shape index (κ1) is 16.6. The van der Waals surface area contributed by atoms with Crippen LogP contribution in [0.3, 0.4) is 0 Å². The lowest BCUT2D eigenvalue weighted by Gasteiger charge is -2.12. The molecule has 134 valence electrons. The van der Waals surface area contributed by atoms with Crippen LogP contribution in [0.4, 0.5) is 18.9 Å². The minimum atomic E-state index is -4.42. The minimum Gasteiger partial charge on any atom is -0.441 e. The molecule has 0 aliphatic heterocycles. The number of oxazole rings is 1. The van der Waals surface area contributed by atoms with Gasteiger partial charge in [0.1, 0.15) is 5.52 Å². The molecule has 26 heavy (non-hydrogen) atoms. The lowest BCUT2D eigenvalue weighted by molar-refractivity contribution is -0.138. The van der Waals surface area contributed by atoms with E-state index in [9.17, 15) is 18.0 Å². The first-order valence-electron chi connectivity index (χ1n) is 8.17. The average Bonchev–Trinajstić information content (AvgIpc) is 3.29. The zero-order valence-electron chi connectivity index (χ0n) is 13.8. The van der Waals surface area contributed by atoms with E-state index in [1.807, 2.05) is 0 Å². The van der Waals surface area contributed by atoms with Crippen molar-refractivity contribution in [2.45, 2.75) is 25.4 Å². The van der Waals surface area contributed by atoms with Gasteiger partial charge in [-0.3, -0.25) is 4.79 Å². The molecule has 4 nitrogen and oxygen atoms in total. The summed E-state index contributed by atoms with van der Waals surface area (Å²) < 4.78 is 44.8. The summed E-state index contributed by atoms with van der Waals surface area (Å²) in [6.07, 6.45) is -4.01. The molecule has 2 aromatic carbocycles. The summed E-state index contributed by atoms with van der Waals surface area (Å²) in [6.45, 7) is 1.73. The Morgan fingerprint density at radius 3 is 2.77 bits per heavy atom. The molecule has 3 aromatic rings. The van der Waals surface area contributed by atoms with Crippen molar-refractivity contribution in [2.24, 2.45) is 5.92 Å². The number of hydrogen-bond acceptors (Lipinski definition) is 3. The Morgan fingerprint density at radius 1 is 1.23 bits per heavy atom. The van der Waals surface area contributed by atoms with Gasteiger partial charge in [-0.15, -0.1) is 0 Å². The van der Waals surface area contributed by atoms with E-state index in [4.69, 9.17) is 4.42 Å². The number of hydrogen-bond donors (Lipinski definition) is 1. The molecular formula is C19H15F3N2O2. The smallest absolute Gasteiger partial charge is 0.416 e. The summed E-state index contributed by atoms with van der Waals surface area (Å²) >= 11 is 0. The van der Waals surface area contributed by atoms with Crippen LogP contribution in [0.1, 0.15) is 29.4 Å². The predicted octanol–water partition coefficient (Wildman–Crippen LogP) is 4.90. The van der Waals surface area contributed by atoms with E-state index in [-0.39, 0.29) is 11.5 Å². The number of halogens is 3. The molecule has 0 spiro atoms. The van der Waals surface area contributed by atoms with Gasteiger partial charge in [-0.05, 0) is 42.2 Å². The van der Waals surface area contributed by atoms with Gasteiger partial charge in [0, 0.05) is 18.5 Å². The fourth-order valence-corrected chi connectivity index (χ4v) is 3.26. The number of alkyl halides is 3. The van der Waals surface area contributed by atoms with Crippen molar-refractivity contribution in [3.63, 3.8) is 0 Å². The Bertz CT molecular complexity index is 994. The van der Waals surface area contributed by atoms with Crippen LogP contribution < -0.4 is 5.32 Å². The standard InChI is InChI=1S/C19H15F3N2O2/c1-10-23-16-8-11(6-7-17(16)26-10)24-18(25)14-9-13(14)12-4-2-3-5-15(12)19(20,21)22/h2-8,13-14H,9H2,1H3,(H,24,25). The van der Waals surface area contributed by atoms with Gasteiger partial charge in [-0.2, -0.15) is 13.2 Å². The third-order valence-electron chi connectivity index (χ3n) is 4.55. The number of fused-ring (bicyclic) bond motifs is 1. The highest BCUT2D eigenvalue weighted by molar-refractivity contribution is 5.96. The number of carbonyl (C=O) groups excluding carboxylic acids is 1. The quantitative estimate of drug-likeness (QED) is 0.723. The molecule has 0 radical (unpaired) electrons. The van der Waals surface area contributed by atoms with E-state index < -0.39 is 23.6 Å². The van der Waals surface area contributed by atoms with E-state index in [0.29, 0.717) is 29.1 Å². The number of amides is 1. The third kappa shape index (κ3) is 3.05. The molecule has 1 aromatic heterocycles. The highest BCUT2D eigenvalue weighted by atomic mass is 19.4. The topological polar surface area (TPSA) is 55.1 Å². The molecule has 1 aliphatic rings. The Morgan fingerprint density at radius 2 is 2.00 bits per heavy atom. The zero-order chi connectivity index (χ0) is 18.5. The van der Waals surface area contributed by atoms with Gasteiger partial charge in [-0.1, -0.05) is 18.2 Å². The maximum Gasteiger partial charge on any atom is 0.416 e. The second kappa shape index (κ2) is 5.86. The Balaban J connectivity index is 1.50. The molecular weight excluding hydrogens is 345 g/mol. The molecule has 1 fully saturated rings. The van der Waals surface area contributed by atoms with Crippen molar-refractivity contribution < 1.29 is 22.4 Å². The molecule has 1 aliphatic carbocycles. The predicted molar refractivity (Wildman–Crippen MR) is 89.7 cm³/mol. The number of nitrogens with one attached hydrogen (secondary N) is 1. The Kier molecular flexibility index (Phi) is 3.75. The number of rotatable bonds is 3. The van der Waals surface area contributed by atoms with Crippen LogP contribution in [0.25, 0.3) is 11.1 Å². The largest absolute Gasteiger partial charge is 0.441 e. The van der Waals surface area contributed by atoms with E-state index >= 15 is 0 Å². The number of benzene rings is 2. The van der Waals surface area contributed by atoms with Crippen molar-refractivity contribution in [2.75, 3.05) is 5.32 Å². The number of carbonyl (C=O) groups is 1. The molecule has 1 saturated carbocycles. The minimum absolute atomic E-state index is 0.183. The van der Waals surface area contributed by atoms with Crippen LogP contribution in [-0.4, -0.2) is 10.9 Å². The van der Waals surface area contributed by atoms with E-state index in [2.05, 4.69) is 10.3 Å². The first-order chi connectivity index (χ1) is 12.3. The molecule has 1 N–H and O–H groups in total. The fraction of sp³-hybridized carbons (Fsp3) is 0.263. The second-order valence-electron chi connectivity index (χ2n) is 6.44. The molecule has 2 unspecified atom stereocenters. The zero-order valence-corrected chi connectivity index (χ0v) is 13.8. The van der Waals surface area contributed by atoms with Crippen molar-refractivity contribution in [3.8, 4) is 0 Å². The van der Waals surface area contributed by atoms with Crippen molar-refractivity contribution in [3.05, 3.63) is 59.5 Å². The van der Waals surface area contributed by atoms with Crippen molar-refractivity contribution in [1.29, 1.82) is 0 Å². The average molecular weight is 360 g/mol. The molecule has 7 heteroatoms. The molecule has 1 amide bonds. The number of aryl methyl sites for hydroxylation is 1. The maximum atomic E-state index is 13.1. The fourth-order valence-electron chi connectivity index (χ4n) is 3.26. The summed E-state index contributed by atoms with van der Waals surface area (Å²) in [5, 5.41) is 2.76. The molecule has 4 rings (SSSR count). The lowest BCUT2D eigenvalue weighted by Crippen LogP contribution is -2.15. The van der Waals surface area contributed by atoms with Crippen LogP contribution in [0.5, 0.6) is 0 Å². The van der Waals surface area contributed by atoms with Crippen LogP contribution in [-0.2, 0) is 11.0 Å². The van der Waals surface area contributed by atoms with E-state index in [1.54, 1.807) is 31.2 Å². The van der Waals surface area contributed by atoms with Crippen molar-refractivity contribution in [1.82, 2.24) is 4.98 Å². The van der Waals surface area contributed by atoms with E-state index in [0.717, 1.165) is 6.07 Å². The summed E-state index contributed by atoms with van der Waals surface area (Å²) in [4.78, 5) is 16.6. The van der Waals surface area contributed by atoms with Crippen molar-refractivity contribution >= 4 is 22.7 Å². The third-order valence-corrected chi connectivity index (χ3v) is 4.55. The lowest BCUT2D eigenvalue weighted by atomic mass is 10.0. The molecule has 0 saturated heterocycles. The van der Waals surface area contributed by atoms with Gasteiger partial charge in [0.15, 0.2) is 11.5 Å². The van der Waals surface area contributed by atoms with Crippen LogP contribution in [0, 0.1) is 12.8 Å². The maximum absolute atomic E-state index is 13.1. The van der Waals surface area contributed by atoms with Gasteiger partial charge >= 0.3 is 6.18 Å². The summed E-state index contributed by atoms with van der Waals surface area (Å²) in [5.41, 5.74) is 1.30. The highest BCUT2D eigenvalue weighted by Gasteiger charge is 2.47. The molecule has 0 bridgehead atoms. The second-order valence-corrected chi connectivity index (χ2v) is 6.44. The van der Waals surface area contributed by atoms with Gasteiger partial charge in [0.25, 0.3) is 0 Å². The molecule has 2 atom stereocenters. The van der Waals surface area contributed by atoms with Gasteiger partial charge < -0.3 is 9.73 Å². The summed E-state index contributed by atoms with van der Waals surface area (Å²) in [7, 11) is 0. The van der Waals surface area contributed by atoms with Crippen LogP contribution in [0.15, 0.2) is 46.9 Å². The SMILES string of the molecule is Cc1nc2cc(NC(=O)C3CC3c3ccccc3C(F)(F)F)ccc2o1. The number of anilines is 1. The van der Waals surface area contributed by atoms with Gasteiger partial charge in [0.05, 0.1) is 5.56 Å². The van der Waals surface area contributed by atoms with Gasteiger partial charge in [-0.25, -0.2) is 4.98 Å².